The van der Waals surface area contributed by atoms with Crippen molar-refractivity contribution in [3.63, 3.8) is 0 Å². The summed E-state index contributed by atoms with van der Waals surface area (Å²) < 4.78 is 42.4. The van der Waals surface area contributed by atoms with Crippen LogP contribution in [0.3, 0.4) is 0 Å². The van der Waals surface area contributed by atoms with Crippen LogP contribution in [0.4, 0.5) is 20.4 Å². The van der Waals surface area contributed by atoms with Gasteiger partial charge in [-0.25, -0.2) is 18.4 Å². The number of carbonyl (C=O) groups excluding carboxylic acids is 1. The molecule has 2 unspecified atom stereocenters. The number of nitrogen functional groups attached to an aromatic ring is 1. The molecule has 1 aromatic carbocycles. The molecule has 1 amide bonds. The van der Waals surface area contributed by atoms with Crippen molar-refractivity contribution >= 4 is 17.5 Å². The van der Waals surface area contributed by atoms with E-state index in [0.717, 1.165) is 16.1 Å². The van der Waals surface area contributed by atoms with Crippen LogP contribution in [0.5, 0.6) is 0 Å². The Balaban J connectivity index is 0.000000215. The van der Waals surface area contributed by atoms with Crippen LogP contribution in [0.15, 0.2) is 64.4 Å². The maximum absolute atomic E-state index is 15.1. The Hall–Kier alpha value is -4.05. The number of nitrogens with one attached hydrogen (secondary N) is 1. The van der Waals surface area contributed by atoms with Gasteiger partial charge in [0.15, 0.2) is 23.8 Å². The van der Waals surface area contributed by atoms with Crippen molar-refractivity contribution in [2.45, 2.75) is 76.2 Å². The van der Waals surface area contributed by atoms with E-state index in [4.69, 9.17) is 20.3 Å². The number of hydrogen-bond donors (Lipinski definition) is 4. The van der Waals surface area contributed by atoms with Gasteiger partial charge in [-0.3, -0.25) is 13.9 Å². The highest BCUT2D eigenvalue weighted by molar-refractivity contribution is 6.03. The minimum Gasteiger partial charge on any atom is -0.394 e. The number of anilines is 2. The number of aromatic nitrogens is 4. The van der Waals surface area contributed by atoms with Gasteiger partial charge in [0, 0.05) is 23.9 Å². The summed E-state index contributed by atoms with van der Waals surface area (Å²) in [4.78, 5) is 43.4. The highest BCUT2D eigenvalue weighted by atomic mass is 19.1. The summed E-state index contributed by atoms with van der Waals surface area (Å²) >= 11 is 0. The van der Waals surface area contributed by atoms with Gasteiger partial charge in [0.05, 0.1) is 12.7 Å². The molecule has 0 aliphatic carbocycles. The number of amides is 1. The summed E-state index contributed by atoms with van der Waals surface area (Å²) in [5, 5.41) is 21.2. The molecule has 0 saturated carbocycles. The molecule has 2 aliphatic heterocycles. The Morgan fingerprint density at radius 2 is 1.55 bits per heavy atom. The van der Waals surface area contributed by atoms with Gasteiger partial charge in [-0.15, -0.1) is 0 Å². The quantitative estimate of drug-likeness (QED) is 0.319. The fourth-order valence-electron chi connectivity index (χ4n) is 5.20. The second-order valence-electron chi connectivity index (χ2n) is 11.0. The lowest BCUT2D eigenvalue weighted by molar-refractivity contribution is -0.0610. The molecule has 2 fully saturated rings. The molecule has 2 aliphatic rings. The van der Waals surface area contributed by atoms with E-state index in [1.165, 1.54) is 31.5 Å². The molecular formula is C29H36F2N6O7. The van der Waals surface area contributed by atoms with Crippen molar-refractivity contribution in [2.75, 3.05) is 17.7 Å². The zero-order valence-corrected chi connectivity index (χ0v) is 24.6. The number of carbonyl (C=O) groups is 1. The number of hydrogen-bond acceptors (Lipinski definition) is 10. The second-order valence-corrected chi connectivity index (χ2v) is 11.0. The van der Waals surface area contributed by atoms with Crippen LogP contribution < -0.4 is 22.4 Å². The fraction of sp³-hybridized carbons (Fsp3) is 0.483. The van der Waals surface area contributed by atoms with Crippen LogP contribution in [0.25, 0.3) is 0 Å². The molecule has 3 aromatic rings. The normalized spacial score (nSPS) is 31.3. The predicted octanol–water partition coefficient (Wildman–Crippen LogP) is 1.97. The van der Waals surface area contributed by atoms with Crippen LogP contribution >= 0.6 is 0 Å². The highest BCUT2D eigenvalue weighted by Gasteiger charge is 2.55. The van der Waals surface area contributed by atoms with Crippen molar-refractivity contribution in [3.05, 3.63) is 81.4 Å². The SMILES string of the molecule is CC[C@H]1O[C@@H](n2ccc(NC(=O)c3ccccc3)nc2=O)[C@](C)(F)C1C.C[C@@]1(F)C(O)[C@@H](CO)O[C@H]1n1ccc(N)nc1=O. The number of halogens is 2. The number of nitrogens with two attached hydrogens (primary N) is 1. The van der Waals surface area contributed by atoms with E-state index in [1.807, 2.05) is 6.92 Å². The van der Waals surface area contributed by atoms with Gasteiger partial charge < -0.3 is 30.7 Å². The maximum Gasteiger partial charge on any atom is 0.351 e. The number of benzene rings is 1. The number of ether oxygens (including phenoxy) is 2. The molecule has 2 aromatic heterocycles. The topological polar surface area (TPSA) is 184 Å². The lowest BCUT2D eigenvalue weighted by Crippen LogP contribution is -2.42. The number of aliphatic hydroxyl groups is 2. The first-order valence-electron chi connectivity index (χ1n) is 14.0. The standard InChI is InChI=1S/C19H22FN3O3.C10H14FN3O4/c1-4-14-12(2)19(3,20)17(26-14)23-11-10-15(22-18(23)25)21-16(24)13-8-6-5-7-9-13;1-10(11)7(16)5(4-15)18-8(10)14-3-2-6(12)13-9(14)17/h5-12,14,17H,4H2,1-3H3,(H,21,22,24,25);2-3,5,7-8,15-16H,4H2,1H3,(H2,12,13,17)/t12?,14-,17-,19-;5-,7?,8-,10-/m11/s1. The smallest absolute Gasteiger partial charge is 0.351 e. The van der Waals surface area contributed by atoms with Crippen LogP contribution in [0, 0.1) is 5.92 Å². The number of aliphatic hydroxyl groups excluding tert-OH is 2. The fourth-order valence-corrected chi connectivity index (χ4v) is 5.20. The third kappa shape index (κ3) is 6.40. The van der Waals surface area contributed by atoms with Crippen LogP contribution in [0.2, 0.25) is 0 Å². The monoisotopic (exact) mass is 618 g/mol. The minimum atomic E-state index is -2.21. The van der Waals surface area contributed by atoms with Gasteiger partial charge >= 0.3 is 11.4 Å². The molecule has 13 nitrogen and oxygen atoms in total. The van der Waals surface area contributed by atoms with Crippen molar-refractivity contribution in [3.8, 4) is 0 Å². The summed E-state index contributed by atoms with van der Waals surface area (Å²) in [6.07, 6.45) is -1.98. The van der Waals surface area contributed by atoms with Gasteiger partial charge in [0.2, 0.25) is 0 Å². The van der Waals surface area contributed by atoms with Crippen molar-refractivity contribution in [1.29, 1.82) is 0 Å². The Kier molecular flexibility index (Phi) is 9.63. The van der Waals surface area contributed by atoms with Gasteiger partial charge in [0.1, 0.15) is 23.8 Å². The molecule has 0 spiro atoms. The van der Waals surface area contributed by atoms with Crippen molar-refractivity contribution in [1.82, 2.24) is 19.1 Å². The predicted molar refractivity (Wildman–Crippen MR) is 155 cm³/mol. The largest absolute Gasteiger partial charge is 0.394 e. The number of rotatable bonds is 6. The molecule has 5 rings (SSSR count). The zero-order chi connectivity index (χ0) is 32.4. The average Bonchev–Trinajstić information content (AvgIpc) is 3.36. The van der Waals surface area contributed by atoms with E-state index in [9.17, 15) is 23.9 Å². The molecule has 238 valence electrons. The Morgan fingerprint density at radius 1 is 0.977 bits per heavy atom. The van der Waals surface area contributed by atoms with Crippen LogP contribution in [0.1, 0.15) is 56.9 Å². The summed E-state index contributed by atoms with van der Waals surface area (Å²) in [5.41, 5.74) is 0.417. The first kappa shape index (κ1) is 32.9. The van der Waals surface area contributed by atoms with Crippen LogP contribution in [-0.4, -0.2) is 71.5 Å². The number of alkyl halides is 2. The first-order chi connectivity index (χ1) is 20.7. The van der Waals surface area contributed by atoms with E-state index < -0.39 is 54.0 Å². The lowest BCUT2D eigenvalue weighted by atomic mass is 9.88. The summed E-state index contributed by atoms with van der Waals surface area (Å²) in [7, 11) is 0. The van der Waals surface area contributed by atoms with Gasteiger partial charge in [-0.05, 0) is 44.5 Å². The molecular weight excluding hydrogens is 582 g/mol. The maximum atomic E-state index is 15.1. The second kappa shape index (κ2) is 12.9. The first-order valence-corrected chi connectivity index (χ1v) is 14.0. The van der Waals surface area contributed by atoms with Crippen LogP contribution in [-0.2, 0) is 9.47 Å². The van der Waals surface area contributed by atoms with E-state index in [1.54, 1.807) is 37.3 Å². The zero-order valence-electron chi connectivity index (χ0n) is 24.6. The average molecular weight is 619 g/mol. The summed E-state index contributed by atoms with van der Waals surface area (Å²) in [6.45, 7) is 5.69. The van der Waals surface area contributed by atoms with E-state index in [0.29, 0.717) is 12.0 Å². The Bertz CT molecular complexity index is 1580. The molecule has 15 heteroatoms. The third-order valence-corrected chi connectivity index (χ3v) is 8.00. The van der Waals surface area contributed by atoms with E-state index >= 15 is 4.39 Å². The molecule has 4 heterocycles. The lowest BCUT2D eigenvalue weighted by Gasteiger charge is -2.25. The summed E-state index contributed by atoms with van der Waals surface area (Å²) in [5.74, 6) is -0.600. The van der Waals surface area contributed by atoms with Crippen molar-refractivity contribution < 1.29 is 33.3 Å². The van der Waals surface area contributed by atoms with Gasteiger partial charge in [-0.2, -0.15) is 9.97 Å². The van der Waals surface area contributed by atoms with Crippen molar-refractivity contribution in [2.24, 2.45) is 5.92 Å². The van der Waals surface area contributed by atoms with E-state index in [-0.39, 0.29) is 29.6 Å². The molecule has 0 bridgehead atoms. The minimum absolute atomic E-state index is 0.00839. The molecule has 2 saturated heterocycles. The van der Waals surface area contributed by atoms with Gasteiger partial charge in [-0.1, -0.05) is 32.0 Å². The Morgan fingerprint density at radius 3 is 2.07 bits per heavy atom. The number of nitrogens with zero attached hydrogens (tertiary/aromatic N) is 4. The highest BCUT2D eigenvalue weighted by Crippen LogP contribution is 2.45. The van der Waals surface area contributed by atoms with Gasteiger partial charge in [0.25, 0.3) is 5.91 Å². The summed E-state index contributed by atoms with van der Waals surface area (Å²) in [6, 6.07) is 11.4. The molecule has 44 heavy (non-hydrogen) atoms. The van der Waals surface area contributed by atoms with E-state index in [2.05, 4.69) is 15.3 Å². The molecule has 0 radical (unpaired) electrons. The third-order valence-electron chi connectivity index (χ3n) is 8.00. The molecule has 5 N–H and O–H groups in total. The Labute approximate surface area is 251 Å². The molecule has 8 atom stereocenters.